The van der Waals surface area contributed by atoms with Gasteiger partial charge in [-0.1, -0.05) is 0 Å². The molecule has 0 aromatic heterocycles. The Bertz CT molecular complexity index is 397. The summed E-state index contributed by atoms with van der Waals surface area (Å²) in [7, 11) is -5.08. The Labute approximate surface area is 95.9 Å². The van der Waals surface area contributed by atoms with Gasteiger partial charge in [-0.3, -0.25) is 9.13 Å². The predicted molar refractivity (Wildman–Crippen MR) is 66.6 cm³/mol. The highest BCUT2D eigenvalue weighted by Crippen LogP contribution is 2.41. The lowest BCUT2D eigenvalue weighted by Gasteiger charge is -2.12. The molecule has 0 N–H and O–H groups in total. The van der Waals surface area contributed by atoms with Crippen LogP contribution < -0.4 is 9.05 Å². The van der Waals surface area contributed by atoms with Crippen LogP contribution in [0.4, 0.5) is 0 Å². The molecule has 0 fully saturated rings. The van der Waals surface area contributed by atoms with Gasteiger partial charge >= 0.3 is 0 Å². The molecule has 0 aliphatic carbocycles. The third kappa shape index (κ3) is 5.39. The first kappa shape index (κ1) is 13.3. The van der Waals surface area contributed by atoms with E-state index in [-0.39, 0.29) is 0 Å². The lowest BCUT2D eigenvalue weighted by atomic mass is 10.3. The van der Waals surface area contributed by atoms with Crippen molar-refractivity contribution in [3.05, 3.63) is 24.3 Å². The summed E-state index contributed by atoms with van der Waals surface area (Å²) in [6.07, 6.45) is 0. The Balaban J connectivity index is 2.76. The van der Waals surface area contributed by atoms with E-state index in [9.17, 15) is 9.13 Å². The molecule has 90 valence electrons. The first-order valence-electron chi connectivity index (χ1n) is 4.75. The second-order valence-electron chi connectivity index (χ2n) is 4.16. The molecular formula is C10H16O4P2. The van der Waals surface area contributed by atoms with Crippen molar-refractivity contribution in [3.8, 4) is 11.5 Å². The Morgan fingerprint density at radius 3 is 1.19 bits per heavy atom. The standard InChI is InChI=1S/C10H16O4P2/c1-15(2,11)13-9-5-7-10(8-6-9)14-16(3,4)12/h5-8H,1-4H3. The summed E-state index contributed by atoms with van der Waals surface area (Å²) in [5, 5.41) is 0. The number of hydrogen-bond donors (Lipinski definition) is 0. The maximum absolute atomic E-state index is 11.4. The van der Waals surface area contributed by atoms with E-state index in [1.807, 2.05) is 0 Å². The second kappa shape index (κ2) is 4.65. The molecule has 1 rings (SSSR count). The molecule has 0 bridgehead atoms. The average molecular weight is 262 g/mol. The monoisotopic (exact) mass is 262 g/mol. The van der Waals surface area contributed by atoms with E-state index in [0.717, 1.165) is 0 Å². The van der Waals surface area contributed by atoms with Gasteiger partial charge in [0.2, 0.25) is 14.7 Å². The summed E-state index contributed by atoms with van der Waals surface area (Å²) in [5.41, 5.74) is 0. The third-order valence-corrected chi connectivity index (χ3v) is 2.78. The van der Waals surface area contributed by atoms with Crippen LogP contribution in [0.3, 0.4) is 0 Å². The summed E-state index contributed by atoms with van der Waals surface area (Å²) in [6.45, 7) is 6.18. The van der Waals surface area contributed by atoms with Crippen LogP contribution in [0.5, 0.6) is 11.5 Å². The van der Waals surface area contributed by atoms with Crippen molar-refractivity contribution in [2.75, 3.05) is 26.7 Å². The van der Waals surface area contributed by atoms with Crippen LogP contribution in [0, 0.1) is 0 Å². The quantitative estimate of drug-likeness (QED) is 0.779. The number of hydrogen-bond acceptors (Lipinski definition) is 4. The Kier molecular flexibility index (Phi) is 3.88. The molecule has 0 radical (unpaired) electrons. The van der Waals surface area contributed by atoms with Crippen molar-refractivity contribution in [1.82, 2.24) is 0 Å². The highest BCUT2D eigenvalue weighted by atomic mass is 31.2. The van der Waals surface area contributed by atoms with Crippen molar-refractivity contribution in [2.45, 2.75) is 0 Å². The normalized spacial score (nSPS) is 12.2. The molecule has 0 saturated heterocycles. The maximum atomic E-state index is 11.4. The minimum atomic E-state index is -2.54. The molecule has 0 aliphatic rings. The molecule has 1 aromatic carbocycles. The zero-order valence-electron chi connectivity index (χ0n) is 9.84. The average Bonchev–Trinajstić information content (AvgIpc) is 2.03. The Hall–Kier alpha value is -0.720. The van der Waals surface area contributed by atoms with Crippen molar-refractivity contribution >= 4 is 14.7 Å². The van der Waals surface area contributed by atoms with Gasteiger partial charge in [0.1, 0.15) is 11.5 Å². The summed E-state index contributed by atoms with van der Waals surface area (Å²) < 4.78 is 33.2. The zero-order valence-corrected chi connectivity index (χ0v) is 11.6. The van der Waals surface area contributed by atoms with Crippen LogP contribution in [-0.2, 0) is 9.13 Å². The van der Waals surface area contributed by atoms with Gasteiger partial charge in [0.05, 0.1) is 0 Å². The summed E-state index contributed by atoms with van der Waals surface area (Å²) in [6, 6.07) is 6.57. The van der Waals surface area contributed by atoms with Crippen molar-refractivity contribution in [1.29, 1.82) is 0 Å². The van der Waals surface area contributed by atoms with Gasteiger partial charge in [0.25, 0.3) is 0 Å². The van der Waals surface area contributed by atoms with Crippen LogP contribution in [0.2, 0.25) is 0 Å². The molecule has 4 nitrogen and oxygen atoms in total. The topological polar surface area (TPSA) is 52.6 Å². The number of rotatable bonds is 4. The Morgan fingerprint density at radius 1 is 0.750 bits per heavy atom. The first-order chi connectivity index (χ1) is 7.16. The molecule has 0 unspecified atom stereocenters. The van der Waals surface area contributed by atoms with E-state index in [0.29, 0.717) is 11.5 Å². The minimum Gasteiger partial charge on any atom is -0.443 e. The first-order valence-corrected chi connectivity index (χ1v) is 9.79. The molecule has 0 aliphatic heterocycles. The third-order valence-electron chi connectivity index (χ3n) is 1.47. The summed E-state index contributed by atoms with van der Waals surface area (Å²) in [5.74, 6) is 1.03. The molecule has 1 aromatic rings. The largest absolute Gasteiger partial charge is 0.443 e. The van der Waals surface area contributed by atoms with Gasteiger partial charge in [-0.2, -0.15) is 0 Å². The highest BCUT2D eigenvalue weighted by molar-refractivity contribution is 7.58. The summed E-state index contributed by atoms with van der Waals surface area (Å²) in [4.78, 5) is 0. The SMILES string of the molecule is CP(C)(=O)Oc1ccc(OP(C)(C)=O)cc1. The lowest BCUT2D eigenvalue weighted by Crippen LogP contribution is -1.90. The summed E-state index contributed by atoms with van der Waals surface area (Å²) >= 11 is 0. The molecule has 0 amide bonds. The van der Waals surface area contributed by atoms with Gasteiger partial charge in [0, 0.05) is 26.7 Å². The van der Waals surface area contributed by atoms with E-state index in [1.54, 1.807) is 50.9 Å². The maximum Gasteiger partial charge on any atom is 0.242 e. The van der Waals surface area contributed by atoms with Crippen molar-refractivity contribution < 1.29 is 18.2 Å². The predicted octanol–water partition coefficient (Wildman–Crippen LogP) is 3.52. The van der Waals surface area contributed by atoms with Crippen molar-refractivity contribution in [2.24, 2.45) is 0 Å². The van der Waals surface area contributed by atoms with E-state index >= 15 is 0 Å². The van der Waals surface area contributed by atoms with E-state index in [4.69, 9.17) is 9.05 Å². The minimum absolute atomic E-state index is 0.516. The van der Waals surface area contributed by atoms with Gasteiger partial charge in [-0.05, 0) is 24.3 Å². The molecule has 0 atom stereocenters. The number of benzene rings is 1. The van der Waals surface area contributed by atoms with E-state index in [1.165, 1.54) is 0 Å². The van der Waals surface area contributed by atoms with Crippen LogP contribution in [0.15, 0.2) is 24.3 Å². The lowest BCUT2D eigenvalue weighted by molar-refractivity contribution is 0.486. The van der Waals surface area contributed by atoms with Crippen molar-refractivity contribution in [3.63, 3.8) is 0 Å². The molecular weight excluding hydrogens is 246 g/mol. The van der Waals surface area contributed by atoms with Gasteiger partial charge < -0.3 is 9.05 Å². The second-order valence-corrected chi connectivity index (χ2v) is 9.53. The van der Waals surface area contributed by atoms with Crippen LogP contribution >= 0.6 is 14.7 Å². The fraction of sp³-hybridized carbons (Fsp3) is 0.400. The Morgan fingerprint density at radius 2 is 1.00 bits per heavy atom. The van der Waals surface area contributed by atoms with Gasteiger partial charge in [-0.15, -0.1) is 0 Å². The van der Waals surface area contributed by atoms with Gasteiger partial charge in [0.15, 0.2) is 0 Å². The molecule has 0 saturated carbocycles. The van der Waals surface area contributed by atoms with E-state index < -0.39 is 14.7 Å². The van der Waals surface area contributed by atoms with Crippen LogP contribution in [-0.4, -0.2) is 26.7 Å². The van der Waals surface area contributed by atoms with Gasteiger partial charge in [-0.25, -0.2) is 0 Å². The fourth-order valence-electron chi connectivity index (χ4n) is 1.07. The smallest absolute Gasteiger partial charge is 0.242 e. The van der Waals surface area contributed by atoms with Crippen LogP contribution in [0.25, 0.3) is 0 Å². The fourth-order valence-corrected chi connectivity index (χ4v) is 2.33. The zero-order chi connectivity index (χ0) is 12.4. The molecule has 6 heteroatoms. The highest BCUT2D eigenvalue weighted by Gasteiger charge is 2.11. The van der Waals surface area contributed by atoms with Crippen LogP contribution in [0.1, 0.15) is 0 Å². The molecule has 0 heterocycles. The van der Waals surface area contributed by atoms with E-state index in [2.05, 4.69) is 0 Å². The molecule has 0 spiro atoms. The molecule has 16 heavy (non-hydrogen) atoms.